The lowest BCUT2D eigenvalue weighted by Crippen LogP contribution is -2.40. The number of Topliss-reactive ketones (excluding diaryl/α,β-unsaturated/α-hetero) is 2. The van der Waals surface area contributed by atoms with Crippen LogP contribution in [0.25, 0.3) is 0 Å². The lowest BCUT2D eigenvalue weighted by Gasteiger charge is -2.20. The average molecular weight is 329 g/mol. The van der Waals surface area contributed by atoms with Crippen LogP contribution < -0.4 is 16.0 Å². The van der Waals surface area contributed by atoms with Gasteiger partial charge in [-0.05, 0) is 47.3 Å². The van der Waals surface area contributed by atoms with Gasteiger partial charge >= 0.3 is 0 Å². The zero-order valence-corrected chi connectivity index (χ0v) is 15.6. The van der Waals surface area contributed by atoms with E-state index >= 15 is 0 Å². The molecule has 2 atom stereocenters. The molecule has 0 heterocycles. The maximum absolute atomic E-state index is 12.0. The molecule has 2 unspecified atom stereocenters. The highest BCUT2D eigenvalue weighted by Gasteiger charge is 2.18. The first-order chi connectivity index (χ1) is 10.9. The normalized spacial score (nSPS) is 12.6. The van der Waals surface area contributed by atoms with E-state index in [9.17, 15) is 14.4 Å². The topological polar surface area (TPSA) is 87.3 Å². The first-order valence-electron chi connectivity index (χ1n) is 8.49. The monoisotopic (exact) mass is 329 g/mol. The highest BCUT2D eigenvalue weighted by atomic mass is 16.2. The molecule has 0 fully saturated rings. The summed E-state index contributed by atoms with van der Waals surface area (Å²) in [6, 6.07) is -0.282. The van der Waals surface area contributed by atoms with E-state index in [1.807, 2.05) is 20.9 Å². The molecule has 1 amide bonds. The smallest absolute Gasteiger partial charge is 0.221 e. The van der Waals surface area contributed by atoms with Crippen LogP contribution >= 0.6 is 0 Å². The number of carbonyl (C=O) groups excluding carboxylic acids is 3. The maximum atomic E-state index is 12.0. The zero-order valence-electron chi connectivity index (χ0n) is 15.6. The molecule has 0 saturated heterocycles. The van der Waals surface area contributed by atoms with Crippen LogP contribution in [-0.2, 0) is 14.4 Å². The van der Waals surface area contributed by atoms with Crippen molar-refractivity contribution in [1.29, 1.82) is 0 Å². The summed E-state index contributed by atoms with van der Waals surface area (Å²) >= 11 is 0. The third-order valence-corrected chi connectivity index (χ3v) is 3.25. The second-order valence-electron chi connectivity index (χ2n) is 5.51. The largest absolute Gasteiger partial charge is 0.353 e. The molecule has 0 bridgehead atoms. The Hall–Kier alpha value is -1.27. The van der Waals surface area contributed by atoms with Gasteiger partial charge in [0, 0.05) is 31.3 Å². The van der Waals surface area contributed by atoms with Crippen LogP contribution in [0.5, 0.6) is 0 Å². The highest BCUT2D eigenvalue weighted by Crippen LogP contribution is 2.05. The molecule has 6 nitrogen and oxygen atoms in total. The summed E-state index contributed by atoms with van der Waals surface area (Å²) in [4.78, 5) is 34.4. The molecule has 0 spiro atoms. The van der Waals surface area contributed by atoms with Crippen LogP contribution in [0.3, 0.4) is 0 Å². The molecule has 23 heavy (non-hydrogen) atoms. The van der Waals surface area contributed by atoms with Crippen molar-refractivity contribution in [3.63, 3.8) is 0 Å². The molecule has 0 saturated carbocycles. The van der Waals surface area contributed by atoms with Crippen molar-refractivity contribution in [3.8, 4) is 0 Å². The molecule has 0 aromatic rings. The molecule has 136 valence electrons. The lowest BCUT2D eigenvalue weighted by atomic mass is 10.0. The van der Waals surface area contributed by atoms with Gasteiger partial charge in [0.2, 0.25) is 5.91 Å². The van der Waals surface area contributed by atoms with Gasteiger partial charge in [-0.15, -0.1) is 0 Å². The van der Waals surface area contributed by atoms with Crippen molar-refractivity contribution in [2.75, 3.05) is 20.6 Å². The first kappa shape index (κ1) is 24.0. The van der Waals surface area contributed by atoms with Crippen LogP contribution in [0.4, 0.5) is 0 Å². The Morgan fingerprint density at radius 1 is 0.870 bits per heavy atom. The first-order valence-corrected chi connectivity index (χ1v) is 8.49. The molecule has 0 aliphatic heterocycles. The van der Waals surface area contributed by atoms with E-state index in [1.54, 1.807) is 7.05 Å². The van der Waals surface area contributed by atoms with Crippen LogP contribution in [0.2, 0.25) is 0 Å². The molecule has 3 N–H and O–H groups in total. The molecular weight excluding hydrogens is 294 g/mol. The third-order valence-electron chi connectivity index (χ3n) is 3.25. The predicted molar refractivity (Wildman–Crippen MR) is 94.5 cm³/mol. The van der Waals surface area contributed by atoms with Crippen LogP contribution in [0.1, 0.15) is 59.8 Å². The van der Waals surface area contributed by atoms with Crippen molar-refractivity contribution in [3.05, 3.63) is 0 Å². The van der Waals surface area contributed by atoms with Crippen LogP contribution in [0, 0.1) is 0 Å². The van der Waals surface area contributed by atoms with Gasteiger partial charge in [0.1, 0.15) is 11.6 Å². The van der Waals surface area contributed by atoms with Gasteiger partial charge in [0.25, 0.3) is 0 Å². The SMILES string of the molecule is CC.CNCCCC(CC(C)=O)NC(=O)CC(CC(C)=O)NC. The Kier molecular flexibility index (Phi) is 16.3. The fourth-order valence-corrected chi connectivity index (χ4v) is 2.23. The van der Waals surface area contributed by atoms with E-state index < -0.39 is 0 Å². The number of amides is 1. The van der Waals surface area contributed by atoms with Crippen molar-refractivity contribution < 1.29 is 14.4 Å². The van der Waals surface area contributed by atoms with Crippen molar-refractivity contribution in [1.82, 2.24) is 16.0 Å². The summed E-state index contributed by atoms with van der Waals surface area (Å²) < 4.78 is 0. The predicted octanol–water partition coefficient (Wildman–Crippen LogP) is 1.43. The van der Waals surface area contributed by atoms with Crippen LogP contribution in [-0.4, -0.2) is 50.2 Å². The quantitative estimate of drug-likeness (QED) is 0.472. The summed E-state index contributed by atoms with van der Waals surface area (Å²) in [7, 11) is 3.61. The number of nitrogens with one attached hydrogen (secondary N) is 3. The van der Waals surface area contributed by atoms with Gasteiger partial charge < -0.3 is 16.0 Å². The number of ketones is 2. The lowest BCUT2D eigenvalue weighted by molar-refractivity contribution is -0.123. The fraction of sp³-hybridized carbons (Fsp3) is 0.824. The van der Waals surface area contributed by atoms with Gasteiger partial charge in [-0.3, -0.25) is 14.4 Å². The number of rotatable bonds is 12. The van der Waals surface area contributed by atoms with Gasteiger partial charge in [0.05, 0.1) is 0 Å². The molecule has 0 aliphatic rings. The second kappa shape index (κ2) is 15.6. The van der Waals surface area contributed by atoms with Gasteiger partial charge in [-0.2, -0.15) is 0 Å². The zero-order chi connectivity index (χ0) is 18.3. The van der Waals surface area contributed by atoms with E-state index in [0.29, 0.717) is 12.8 Å². The molecule has 0 radical (unpaired) electrons. The van der Waals surface area contributed by atoms with Crippen molar-refractivity contribution >= 4 is 17.5 Å². The van der Waals surface area contributed by atoms with Gasteiger partial charge in [0.15, 0.2) is 0 Å². The minimum atomic E-state index is -0.155. The summed E-state index contributed by atoms with van der Waals surface area (Å²) in [6.45, 7) is 7.90. The van der Waals surface area contributed by atoms with E-state index in [1.165, 1.54) is 13.8 Å². The van der Waals surface area contributed by atoms with Gasteiger partial charge in [-0.25, -0.2) is 0 Å². The van der Waals surface area contributed by atoms with Gasteiger partial charge in [-0.1, -0.05) is 13.8 Å². The summed E-state index contributed by atoms with van der Waals surface area (Å²) in [5.74, 6) is 0.00132. The summed E-state index contributed by atoms with van der Waals surface area (Å²) in [6.07, 6.45) is 2.60. The minimum absolute atomic E-state index is 0.0523. The molecule has 6 heteroatoms. The van der Waals surface area contributed by atoms with E-state index in [0.717, 1.165) is 19.4 Å². The highest BCUT2D eigenvalue weighted by molar-refractivity contribution is 5.81. The van der Waals surface area contributed by atoms with E-state index in [4.69, 9.17) is 0 Å². The Morgan fingerprint density at radius 2 is 1.39 bits per heavy atom. The molecule has 0 rings (SSSR count). The fourth-order valence-electron chi connectivity index (χ4n) is 2.23. The minimum Gasteiger partial charge on any atom is -0.353 e. The number of carbonyl (C=O) groups is 3. The van der Waals surface area contributed by atoms with Crippen molar-refractivity contribution in [2.45, 2.75) is 71.9 Å². The maximum Gasteiger partial charge on any atom is 0.221 e. The third kappa shape index (κ3) is 15.4. The summed E-state index contributed by atoms with van der Waals surface area (Å²) in [5, 5.41) is 8.93. The second-order valence-corrected chi connectivity index (χ2v) is 5.51. The number of hydrogen-bond acceptors (Lipinski definition) is 5. The standard InChI is InChI=1S/C15H29N3O3.C2H6/c1-11(19)8-13(6-5-7-16-3)18-15(21)10-14(17-4)9-12(2)20;1-2/h13-14,16-17H,5-10H2,1-4H3,(H,18,21);1-2H3. The Morgan fingerprint density at radius 3 is 1.83 bits per heavy atom. The molecule has 0 aromatic carbocycles. The molecule has 0 aliphatic carbocycles. The van der Waals surface area contributed by atoms with E-state index in [2.05, 4.69) is 16.0 Å². The van der Waals surface area contributed by atoms with E-state index in [-0.39, 0.29) is 36.0 Å². The average Bonchev–Trinajstić information content (AvgIpc) is 2.47. The number of hydrogen-bond donors (Lipinski definition) is 3. The Labute approximate surface area is 141 Å². The van der Waals surface area contributed by atoms with Crippen LogP contribution in [0.15, 0.2) is 0 Å². The molecule has 0 aromatic heterocycles. The van der Waals surface area contributed by atoms with Crippen molar-refractivity contribution in [2.24, 2.45) is 0 Å². The Balaban J connectivity index is 0. The Bertz CT molecular complexity index is 346. The summed E-state index contributed by atoms with van der Waals surface area (Å²) in [5.41, 5.74) is 0. The molecular formula is C17H35N3O3.